The molecule has 0 spiro atoms. The summed E-state index contributed by atoms with van der Waals surface area (Å²) in [5, 5.41) is 3.39. The van der Waals surface area contributed by atoms with Gasteiger partial charge in [0.05, 0.1) is 11.9 Å². The van der Waals surface area contributed by atoms with Gasteiger partial charge >= 0.3 is 0 Å². The van der Waals surface area contributed by atoms with Crippen LogP contribution in [0, 0.1) is 5.82 Å². The molecule has 0 bridgehead atoms. The molecule has 0 saturated heterocycles. The number of amides is 1. The quantitative estimate of drug-likeness (QED) is 0.513. The van der Waals surface area contributed by atoms with Gasteiger partial charge in [0.1, 0.15) is 11.9 Å². The maximum atomic E-state index is 13.1. The second-order valence-electron chi connectivity index (χ2n) is 5.80. The molecule has 1 amide bonds. The topological polar surface area (TPSA) is 66.5 Å². The number of nitrogens with zero attached hydrogens (tertiary/aromatic N) is 1. The van der Waals surface area contributed by atoms with Crippen LogP contribution in [0.1, 0.15) is 6.92 Å². The standard InChI is InChI=1S/C18H20ClFN2O3S2/c1-13(22(27(2,24)25)16-7-5-15(20)6-8-16)18(23)21-11-12-26-17-9-3-14(19)4-10-17/h3-10,13H,11-12H2,1-2H3,(H,21,23)/t13-/m0/s1. The summed E-state index contributed by atoms with van der Waals surface area (Å²) in [4.78, 5) is 13.4. The number of anilines is 1. The molecule has 1 atom stereocenters. The van der Waals surface area contributed by atoms with Crippen LogP contribution >= 0.6 is 23.4 Å². The van der Waals surface area contributed by atoms with Crippen molar-refractivity contribution < 1.29 is 17.6 Å². The fraction of sp³-hybridized carbons (Fsp3) is 0.278. The third-order valence-corrected chi connectivity index (χ3v) is 6.16. The normalized spacial score (nSPS) is 12.4. The van der Waals surface area contributed by atoms with Gasteiger partial charge in [-0.2, -0.15) is 0 Å². The third kappa shape index (κ3) is 6.41. The van der Waals surface area contributed by atoms with Crippen LogP contribution in [0.3, 0.4) is 0 Å². The van der Waals surface area contributed by atoms with Gasteiger partial charge in [-0.25, -0.2) is 12.8 Å². The lowest BCUT2D eigenvalue weighted by Gasteiger charge is -2.28. The van der Waals surface area contributed by atoms with Crippen molar-refractivity contribution in [1.82, 2.24) is 5.32 Å². The van der Waals surface area contributed by atoms with Gasteiger partial charge in [-0.1, -0.05) is 11.6 Å². The molecule has 1 N–H and O–H groups in total. The van der Waals surface area contributed by atoms with E-state index in [-0.39, 0.29) is 5.69 Å². The van der Waals surface area contributed by atoms with Gasteiger partial charge in [0.15, 0.2) is 0 Å². The Labute approximate surface area is 168 Å². The predicted octanol–water partition coefficient (Wildman–Crippen LogP) is 3.54. The van der Waals surface area contributed by atoms with E-state index in [0.29, 0.717) is 17.3 Å². The molecule has 0 aliphatic rings. The number of carbonyl (C=O) groups is 1. The van der Waals surface area contributed by atoms with Crippen molar-refractivity contribution in [3.8, 4) is 0 Å². The first kappa shape index (κ1) is 21.5. The van der Waals surface area contributed by atoms with E-state index in [2.05, 4.69) is 5.32 Å². The lowest BCUT2D eigenvalue weighted by Crippen LogP contribution is -2.48. The largest absolute Gasteiger partial charge is 0.353 e. The van der Waals surface area contributed by atoms with Gasteiger partial charge in [-0.05, 0) is 55.5 Å². The molecule has 0 aromatic heterocycles. The molecular weight excluding hydrogens is 411 g/mol. The van der Waals surface area contributed by atoms with Crippen LogP contribution in [0.25, 0.3) is 0 Å². The zero-order chi connectivity index (χ0) is 20.0. The first-order valence-corrected chi connectivity index (χ1v) is 11.3. The van der Waals surface area contributed by atoms with Crippen molar-refractivity contribution in [2.24, 2.45) is 0 Å². The van der Waals surface area contributed by atoms with Crippen molar-refractivity contribution >= 4 is 45.0 Å². The molecule has 0 heterocycles. The highest BCUT2D eigenvalue weighted by Crippen LogP contribution is 2.22. The van der Waals surface area contributed by atoms with Crippen molar-refractivity contribution in [1.29, 1.82) is 0 Å². The number of carbonyl (C=O) groups excluding carboxylic acids is 1. The molecule has 0 aliphatic carbocycles. The summed E-state index contributed by atoms with van der Waals surface area (Å²) in [5.74, 6) is -0.291. The van der Waals surface area contributed by atoms with Crippen molar-refractivity contribution in [2.75, 3.05) is 22.9 Å². The molecule has 2 rings (SSSR count). The van der Waals surface area contributed by atoms with Crippen LogP contribution in [0.15, 0.2) is 53.4 Å². The zero-order valence-corrected chi connectivity index (χ0v) is 17.2. The number of hydrogen-bond donors (Lipinski definition) is 1. The fourth-order valence-electron chi connectivity index (χ4n) is 2.42. The lowest BCUT2D eigenvalue weighted by atomic mass is 10.2. The molecule has 0 unspecified atom stereocenters. The number of thioether (sulfide) groups is 1. The molecule has 27 heavy (non-hydrogen) atoms. The van der Waals surface area contributed by atoms with Crippen LogP contribution < -0.4 is 9.62 Å². The summed E-state index contributed by atoms with van der Waals surface area (Å²) in [6.45, 7) is 1.86. The Hall–Kier alpha value is -1.77. The van der Waals surface area contributed by atoms with Gasteiger partial charge in [0, 0.05) is 22.2 Å². The smallest absolute Gasteiger partial charge is 0.243 e. The SMILES string of the molecule is C[C@@H](C(=O)NCCSc1ccc(Cl)cc1)N(c1ccc(F)cc1)S(C)(=O)=O. The molecule has 0 radical (unpaired) electrons. The number of halogens is 2. The van der Waals surface area contributed by atoms with Crippen LogP contribution in [-0.4, -0.2) is 38.9 Å². The molecule has 5 nitrogen and oxygen atoms in total. The average Bonchev–Trinajstić information content (AvgIpc) is 2.60. The molecule has 0 saturated carbocycles. The van der Waals surface area contributed by atoms with Crippen molar-refractivity contribution in [3.63, 3.8) is 0 Å². The molecule has 9 heteroatoms. The van der Waals surface area contributed by atoms with E-state index in [1.54, 1.807) is 23.9 Å². The number of rotatable bonds is 8. The number of sulfonamides is 1. The Balaban J connectivity index is 1.96. The second-order valence-corrected chi connectivity index (χ2v) is 9.27. The monoisotopic (exact) mass is 430 g/mol. The van der Waals surface area contributed by atoms with Crippen molar-refractivity contribution in [3.05, 3.63) is 59.4 Å². The maximum Gasteiger partial charge on any atom is 0.243 e. The Morgan fingerprint density at radius 3 is 2.33 bits per heavy atom. The summed E-state index contributed by atoms with van der Waals surface area (Å²) in [6, 6.07) is 11.4. The highest BCUT2D eigenvalue weighted by molar-refractivity contribution is 7.99. The lowest BCUT2D eigenvalue weighted by molar-refractivity contribution is -0.121. The molecule has 0 aliphatic heterocycles. The van der Waals surface area contributed by atoms with Crippen LogP contribution in [0.5, 0.6) is 0 Å². The van der Waals surface area contributed by atoms with E-state index >= 15 is 0 Å². The molecule has 0 fully saturated rings. The molecule has 2 aromatic carbocycles. The summed E-state index contributed by atoms with van der Waals surface area (Å²) in [5.41, 5.74) is 0.233. The van der Waals surface area contributed by atoms with E-state index in [1.165, 1.54) is 19.1 Å². The second kappa shape index (κ2) is 9.43. The Kier molecular flexibility index (Phi) is 7.52. The molecular formula is C18H20ClFN2O3S2. The zero-order valence-electron chi connectivity index (χ0n) is 14.9. The van der Waals surface area contributed by atoms with E-state index in [1.807, 2.05) is 12.1 Å². The Morgan fingerprint density at radius 2 is 1.78 bits per heavy atom. The summed E-state index contributed by atoms with van der Waals surface area (Å²) in [7, 11) is -3.72. The van der Waals surface area contributed by atoms with Gasteiger partial charge in [0.25, 0.3) is 0 Å². The first-order chi connectivity index (χ1) is 12.7. The van der Waals surface area contributed by atoms with Gasteiger partial charge < -0.3 is 5.32 Å². The van der Waals surface area contributed by atoms with E-state index in [0.717, 1.165) is 27.6 Å². The highest BCUT2D eigenvalue weighted by atomic mass is 35.5. The van der Waals surface area contributed by atoms with E-state index < -0.39 is 27.8 Å². The Morgan fingerprint density at radius 1 is 1.19 bits per heavy atom. The average molecular weight is 431 g/mol. The van der Waals surface area contributed by atoms with Gasteiger partial charge in [-0.3, -0.25) is 9.10 Å². The summed E-state index contributed by atoms with van der Waals surface area (Å²) in [6.07, 6.45) is 1.01. The number of benzene rings is 2. The maximum absolute atomic E-state index is 13.1. The van der Waals surface area contributed by atoms with E-state index in [4.69, 9.17) is 11.6 Å². The minimum atomic E-state index is -3.72. The summed E-state index contributed by atoms with van der Waals surface area (Å²) >= 11 is 7.38. The first-order valence-electron chi connectivity index (χ1n) is 8.09. The minimum Gasteiger partial charge on any atom is -0.353 e. The number of nitrogens with one attached hydrogen (secondary N) is 1. The van der Waals surface area contributed by atoms with Gasteiger partial charge in [0.2, 0.25) is 15.9 Å². The van der Waals surface area contributed by atoms with Crippen LogP contribution in [0.2, 0.25) is 5.02 Å². The fourth-order valence-corrected chi connectivity index (χ4v) is 4.49. The van der Waals surface area contributed by atoms with Crippen molar-refractivity contribution in [2.45, 2.75) is 17.9 Å². The molecule has 146 valence electrons. The Bertz CT molecular complexity index is 874. The predicted molar refractivity (Wildman–Crippen MR) is 108 cm³/mol. The third-order valence-electron chi connectivity index (χ3n) is 3.65. The van der Waals surface area contributed by atoms with Gasteiger partial charge in [-0.15, -0.1) is 11.8 Å². The minimum absolute atomic E-state index is 0.233. The molecule has 2 aromatic rings. The van der Waals surface area contributed by atoms with E-state index in [9.17, 15) is 17.6 Å². The van der Waals surface area contributed by atoms with Crippen LogP contribution in [-0.2, 0) is 14.8 Å². The summed E-state index contributed by atoms with van der Waals surface area (Å²) < 4.78 is 38.4. The van der Waals surface area contributed by atoms with Crippen LogP contribution in [0.4, 0.5) is 10.1 Å². The highest BCUT2D eigenvalue weighted by Gasteiger charge is 2.28. The number of hydrogen-bond acceptors (Lipinski definition) is 4.